The van der Waals surface area contributed by atoms with E-state index in [2.05, 4.69) is 15.3 Å². The Morgan fingerprint density at radius 3 is 2.90 bits per heavy atom. The smallest absolute Gasteiger partial charge is 0.234 e. The highest BCUT2D eigenvalue weighted by molar-refractivity contribution is 7.99. The van der Waals surface area contributed by atoms with Crippen LogP contribution in [0, 0.1) is 0 Å². The van der Waals surface area contributed by atoms with Crippen molar-refractivity contribution >= 4 is 46.0 Å². The molecule has 4 nitrogen and oxygen atoms in total. The van der Waals surface area contributed by atoms with Crippen LogP contribution in [0.25, 0.3) is 11.0 Å². The van der Waals surface area contributed by atoms with Gasteiger partial charge in [0.15, 0.2) is 5.16 Å². The molecule has 1 heterocycles. The zero-order valence-corrected chi connectivity index (χ0v) is 12.5. The minimum absolute atomic E-state index is 0.0947. The van der Waals surface area contributed by atoms with Gasteiger partial charge in [-0.25, -0.2) is 4.98 Å². The predicted molar refractivity (Wildman–Crippen MR) is 86.9 cm³/mol. The van der Waals surface area contributed by atoms with Crippen LogP contribution >= 0.6 is 23.4 Å². The summed E-state index contributed by atoms with van der Waals surface area (Å²) in [7, 11) is 0. The van der Waals surface area contributed by atoms with E-state index >= 15 is 0 Å². The van der Waals surface area contributed by atoms with Crippen molar-refractivity contribution in [3.63, 3.8) is 0 Å². The van der Waals surface area contributed by atoms with E-state index in [1.165, 1.54) is 11.8 Å². The second-order valence-electron chi connectivity index (χ2n) is 4.41. The first-order valence-corrected chi connectivity index (χ1v) is 7.70. The van der Waals surface area contributed by atoms with Crippen molar-refractivity contribution in [1.29, 1.82) is 0 Å². The zero-order chi connectivity index (χ0) is 14.7. The van der Waals surface area contributed by atoms with Gasteiger partial charge in [-0.2, -0.15) is 0 Å². The summed E-state index contributed by atoms with van der Waals surface area (Å²) in [5.41, 5.74) is 2.56. The maximum Gasteiger partial charge on any atom is 0.234 e. The van der Waals surface area contributed by atoms with Gasteiger partial charge in [-0.15, -0.1) is 0 Å². The first-order chi connectivity index (χ1) is 10.2. The maximum atomic E-state index is 11.9. The molecule has 0 fully saturated rings. The topological polar surface area (TPSA) is 57.8 Å². The van der Waals surface area contributed by atoms with Gasteiger partial charge in [-0.3, -0.25) is 4.79 Å². The van der Waals surface area contributed by atoms with Crippen molar-refractivity contribution in [2.45, 2.75) is 5.16 Å². The van der Waals surface area contributed by atoms with Crippen LogP contribution in [0.5, 0.6) is 0 Å². The monoisotopic (exact) mass is 317 g/mol. The Kier molecular flexibility index (Phi) is 4.13. The maximum absolute atomic E-state index is 11.9. The molecule has 0 saturated heterocycles. The third-order valence-electron chi connectivity index (χ3n) is 2.82. The highest BCUT2D eigenvalue weighted by Crippen LogP contribution is 2.20. The number of benzene rings is 2. The van der Waals surface area contributed by atoms with E-state index in [4.69, 9.17) is 11.6 Å². The molecule has 3 rings (SSSR count). The van der Waals surface area contributed by atoms with Crippen LogP contribution in [0.3, 0.4) is 0 Å². The number of fused-ring (bicyclic) bond motifs is 1. The van der Waals surface area contributed by atoms with Crippen LogP contribution < -0.4 is 5.32 Å². The van der Waals surface area contributed by atoms with Gasteiger partial charge in [0.25, 0.3) is 0 Å². The molecule has 0 aliphatic carbocycles. The highest BCUT2D eigenvalue weighted by atomic mass is 35.5. The van der Waals surface area contributed by atoms with Crippen molar-refractivity contribution in [3.8, 4) is 0 Å². The van der Waals surface area contributed by atoms with E-state index < -0.39 is 0 Å². The van der Waals surface area contributed by atoms with Crippen LogP contribution in [-0.2, 0) is 4.79 Å². The van der Waals surface area contributed by atoms with Gasteiger partial charge in [0.05, 0.1) is 16.8 Å². The summed E-state index contributed by atoms with van der Waals surface area (Å²) in [6.45, 7) is 0. The number of aromatic nitrogens is 2. The molecule has 1 amide bonds. The number of aromatic amines is 1. The number of carbonyl (C=O) groups excluding carboxylic acids is 1. The molecule has 21 heavy (non-hydrogen) atoms. The molecule has 2 N–H and O–H groups in total. The fourth-order valence-electron chi connectivity index (χ4n) is 1.89. The molecule has 0 atom stereocenters. The first-order valence-electron chi connectivity index (χ1n) is 6.34. The van der Waals surface area contributed by atoms with Gasteiger partial charge < -0.3 is 10.3 Å². The van der Waals surface area contributed by atoms with Crippen LogP contribution in [-0.4, -0.2) is 21.6 Å². The van der Waals surface area contributed by atoms with Gasteiger partial charge in [0.2, 0.25) is 5.91 Å². The fraction of sp³-hybridized carbons (Fsp3) is 0.0667. The molecule has 0 radical (unpaired) electrons. The van der Waals surface area contributed by atoms with Crippen LogP contribution in [0.4, 0.5) is 5.69 Å². The number of H-pyrrole nitrogens is 1. The fourth-order valence-corrected chi connectivity index (χ4v) is 2.77. The Morgan fingerprint density at radius 1 is 1.24 bits per heavy atom. The number of hydrogen-bond acceptors (Lipinski definition) is 3. The molecule has 0 spiro atoms. The number of carbonyl (C=O) groups is 1. The number of amides is 1. The Hall–Kier alpha value is -1.98. The summed E-state index contributed by atoms with van der Waals surface area (Å²) in [5, 5.41) is 4.13. The number of nitrogens with one attached hydrogen (secondary N) is 2. The average Bonchev–Trinajstić information content (AvgIpc) is 2.88. The van der Waals surface area contributed by atoms with Crippen molar-refractivity contribution in [2.75, 3.05) is 11.1 Å². The lowest BCUT2D eigenvalue weighted by atomic mass is 10.3. The SMILES string of the molecule is O=C(CSc1nc2ccccc2[nH]1)Nc1cccc(Cl)c1. The summed E-state index contributed by atoms with van der Waals surface area (Å²) in [4.78, 5) is 19.5. The summed E-state index contributed by atoms with van der Waals surface area (Å²) in [6.07, 6.45) is 0. The quantitative estimate of drug-likeness (QED) is 0.716. The van der Waals surface area contributed by atoms with Crippen LogP contribution in [0.1, 0.15) is 0 Å². The lowest BCUT2D eigenvalue weighted by Gasteiger charge is -2.04. The third kappa shape index (κ3) is 3.56. The van der Waals surface area contributed by atoms with Gasteiger partial charge in [-0.1, -0.05) is 41.6 Å². The van der Waals surface area contributed by atoms with Gasteiger partial charge >= 0.3 is 0 Å². The third-order valence-corrected chi connectivity index (χ3v) is 3.92. The molecule has 0 saturated carbocycles. The van der Waals surface area contributed by atoms with Crippen LogP contribution in [0.15, 0.2) is 53.7 Å². The van der Waals surface area contributed by atoms with Crippen molar-refractivity contribution in [2.24, 2.45) is 0 Å². The minimum Gasteiger partial charge on any atom is -0.333 e. The molecule has 106 valence electrons. The molecular weight excluding hydrogens is 306 g/mol. The summed E-state index contributed by atoms with van der Waals surface area (Å²) < 4.78 is 0. The Bertz CT molecular complexity index is 754. The first kappa shape index (κ1) is 14.0. The Morgan fingerprint density at radius 2 is 2.10 bits per heavy atom. The van der Waals surface area contributed by atoms with Crippen LogP contribution in [0.2, 0.25) is 5.02 Å². The van der Waals surface area contributed by atoms with Crippen molar-refractivity contribution in [1.82, 2.24) is 9.97 Å². The van der Waals surface area contributed by atoms with E-state index in [1.807, 2.05) is 24.3 Å². The molecule has 6 heteroatoms. The molecule has 0 unspecified atom stereocenters. The number of rotatable bonds is 4. The highest BCUT2D eigenvalue weighted by Gasteiger charge is 2.07. The molecule has 2 aromatic carbocycles. The number of imidazole rings is 1. The summed E-state index contributed by atoms with van der Waals surface area (Å²) in [6, 6.07) is 14.8. The molecule has 1 aromatic heterocycles. The minimum atomic E-state index is -0.0947. The van der Waals surface area contributed by atoms with Crippen molar-refractivity contribution < 1.29 is 4.79 Å². The number of anilines is 1. The average molecular weight is 318 g/mol. The largest absolute Gasteiger partial charge is 0.333 e. The molecule has 0 aliphatic rings. The lowest BCUT2D eigenvalue weighted by molar-refractivity contribution is -0.113. The molecular formula is C15H12ClN3OS. The second kappa shape index (κ2) is 6.20. The standard InChI is InChI=1S/C15H12ClN3OS/c16-10-4-3-5-11(8-10)17-14(20)9-21-15-18-12-6-1-2-7-13(12)19-15/h1-8H,9H2,(H,17,20)(H,18,19). The molecule has 3 aromatic rings. The van der Waals surface area contributed by atoms with Gasteiger partial charge in [0, 0.05) is 10.7 Å². The van der Waals surface area contributed by atoms with E-state index in [0.29, 0.717) is 10.7 Å². The normalized spacial score (nSPS) is 10.7. The summed E-state index contributed by atoms with van der Waals surface area (Å²) in [5.74, 6) is 0.189. The lowest BCUT2D eigenvalue weighted by Crippen LogP contribution is -2.13. The summed E-state index contributed by atoms with van der Waals surface area (Å²) >= 11 is 7.24. The Labute approximate surface area is 130 Å². The predicted octanol–water partition coefficient (Wildman–Crippen LogP) is 3.95. The van der Waals surface area contributed by atoms with Crippen molar-refractivity contribution in [3.05, 3.63) is 53.6 Å². The Balaban J connectivity index is 1.60. The number of hydrogen-bond donors (Lipinski definition) is 2. The number of thioether (sulfide) groups is 1. The second-order valence-corrected chi connectivity index (χ2v) is 5.81. The number of nitrogens with zero attached hydrogens (tertiary/aromatic N) is 1. The van der Waals surface area contributed by atoms with Gasteiger partial charge in [-0.05, 0) is 30.3 Å². The number of para-hydroxylation sites is 2. The molecule has 0 aliphatic heterocycles. The van der Waals surface area contributed by atoms with E-state index in [9.17, 15) is 4.79 Å². The molecule has 0 bridgehead atoms. The van der Waals surface area contributed by atoms with E-state index in [1.54, 1.807) is 24.3 Å². The van der Waals surface area contributed by atoms with E-state index in [-0.39, 0.29) is 11.7 Å². The number of halogens is 1. The van der Waals surface area contributed by atoms with E-state index in [0.717, 1.165) is 16.2 Å². The van der Waals surface area contributed by atoms with Gasteiger partial charge in [0.1, 0.15) is 0 Å². The zero-order valence-electron chi connectivity index (χ0n) is 11.0.